The first kappa shape index (κ1) is 14.2. The number of benzene rings is 1. The molecule has 0 unspecified atom stereocenters. The number of aryl methyl sites for hydroxylation is 2. The van der Waals surface area contributed by atoms with Crippen LogP contribution in [-0.2, 0) is 19.9 Å². The predicted octanol–water partition coefficient (Wildman–Crippen LogP) is 3.05. The van der Waals surface area contributed by atoms with Crippen LogP contribution >= 0.6 is 0 Å². The summed E-state index contributed by atoms with van der Waals surface area (Å²) in [6.07, 6.45) is 1.37. The van der Waals surface area contributed by atoms with Gasteiger partial charge in [0.05, 0.1) is 11.3 Å². The molecule has 0 fully saturated rings. The second kappa shape index (κ2) is 5.45. The summed E-state index contributed by atoms with van der Waals surface area (Å²) in [6.45, 7) is 3.92. The Balaban J connectivity index is 2.74. The standard InChI is InChI=1S/C15H17FN2O2/c1-4-11-13(12(5-2)18(3)17-11)9-7-6-8-10(14(9)16)15(19)20/h6-8H,4-5H2,1-3H3,(H,19,20). The number of nitrogens with zero attached hydrogens (tertiary/aromatic N) is 2. The van der Waals surface area contributed by atoms with E-state index in [0.29, 0.717) is 18.4 Å². The highest BCUT2D eigenvalue weighted by molar-refractivity contribution is 5.90. The maximum atomic E-state index is 14.4. The molecule has 0 spiro atoms. The first-order valence-electron chi connectivity index (χ1n) is 6.58. The first-order valence-corrected chi connectivity index (χ1v) is 6.58. The largest absolute Gasteiger partial charge is 0.478 e. The molecule has 0 bridgehead atoms. The van der Waals surface area contributed by atoms with E-state index >= 15 is 0 Å². The molecule has 0 saturated carbocycles. The van der Waals surface area contributed by atoms with Gasteiger partial charge >= 0.3 is 5.97 Å². The van der Waals surface area contributed by atoms with Crippen LogP contribution in [0.4, 0.5) is 4.39 Å². The van der Waals surface area contributed by atoms with Crippen LogP contribution in [0.25, 0.3) is 11.1 Å². The van der Waals surface area contributed by atoms with Crippen molar-refractivity contribution in [2.45, 2.75) is 26.7 Å². The Hall–Kier alpha value is -2.17. The topological polar surface area (TPSA) is 55.1 Å². The molecule has 1 aromatic heterocycles. The van der Waals surface area contributed by atoms with E-state index in [9.17, 15) is 9.18 Å². The van der Waals surface area contributed by atoms with Crippen LogP contribution in [0.15, 0.2) is 18.2 Å². The van der Waals surface area contributed by atoms with Gasteiger partial charge in [0.2, 0.25) is 0 Å². The van der Waals surface area contributed by atoms with Crippen LogP contribution in [0.1, 0.15) is 35.6 Å². The van der Waals surface area contributed by atoms with Crippen LogP contribution in [0.5, 0.6) is 0 Å². The average molecular weight is 276 g/mol. The van der Waals surface area contributed by atoms with Crippen molar-refractivity contribution in [2.75, 3.05) is 0 Å². The van der Waals surface area contributed by atoms with E-state index < -0.39 is 11.8 Å². The van der Waals surface area contributed by atoms with Gasteiger partial charge in [-0.3, -0.25) is 4.68 Å². The number of carboxylic acid groups (broad SMARTS) is 1. The van der Waals surface area contributed by atoms with E-state index in [1.54, 1.807) is 16.8 Å². The van der Waals surface area contributed by atoms with Crippen LogP contribution in [0.2, 0.25) is 0 Å². The summed E-state index contributed by atoms with van der Waals surface area (Å²) in [4.78, 5) is 11.1. The second-order valence-electron chi connectivity index (χ2n) is 4.57. The third-order valence-electron chi connectivity index (χ3n) is 3.41. The quantitative estimate of drug-likeness (QED) is 0.933. The highest BCUT2D eigenvalue weighted by Crippen LogP contribution is 2.31. The lowest BCUT2D eigenvalue weighted by Gasteiger charge is -2.08. The zero-order valence-corrected chi connectivity index (χ0v) is 11.8. The number of aromatic carboxylic acids is 1. The Kier molecular flexibility index (Phi) is 3.88. The van der Waals surface area contributed by atoms with Crippen molar-refractivity contribution in [3.05, 3.63) is 41.0 Å². The smallest absolute Gasteiger partial charge is 0.338 e. The summed E-state index contributed by atoms with van der Waals surface area (Å²) in [5, 5.41) is 13.4. The van der Waals surface area contributed by atoms with Gasteiger partial charge < -0.3 is 5.11 Å². The van der Waals surface area contributed by atoms with Gasteiger partial charge in [-0.2, -0.15) is 5.10 Å². The van der Waals surface area contributed by atoms with Gasteiger partial charge in [-0.15, -0.1) is 0 Å². The summed E-state index contributed by atoms with van der Waals surface area (Å²) in [5.41, 5.74) is 2.41. The highest BCUT2D eigenvalue weighted by atomic mass is 19.1. The zero-order valence-electron chi connectivity index (χ0n) is 11.8. The van der Waals surface area contributed by atoms with Gasteiger partial charge in [-0.1, -0.05) is 26.0 Å². The molecule has 0 radical (unpaired) electrons. The molecule has 2 rings (SSSR count). The van der Waals surface area contributed by atoms with Crippen LogP contribution in [0, 0.1) is 5.82 Å². The summed E-state index contributed by atoms with van der Waals surface area (Å²) in [7, 11) is 1.82. The van der Waals surface area contributed by atoms with Gasteiger partial charge in [0.15, 0.2) is 0 Å². The fourth-order valence-corrected chi connectivity index (χ4v) is 2.47. The second-order valence-corrected chi connectivity index (χ2v) is 4.57. The van der Waals surface area contributed by atoms with E-state index in [2.05, 4.69) is 5.10 Å². The highest BCUT2D eigenvalue weighted by Gasteiger charge is 2.21. The third-order valence-corrected chi connectivity index (χ3v) is 3.41. The number of carbonyl (C=O) groups is 1. The van der Waals surface area contributed by atoms with E-state index in [1.165, 1.54) is 6.07 Å². The molecule has 1 aromatic carbocycles. The van der Waals surface area contributed by atoms with Crippen LogP contribution < -0.4 is 0 Å². The number of halogens is 1. The lowest BCUT2D eigenvalue weighted by Crippen LogP contribution is -2.03. The SMILES string of the molecule is CCc1nn(C)c(CC)c1-c1cccc(C(=O)O)c1F. The Bertz CT molecular complexity index is 662. The summed E-state index contributed by atoms with van der Waals surface area (Å²) in [6, 6.07) is 4.44. The molecule has 20 heavy (non-hydrogen) atoms. The molecular weight excluding hydrogens is 259 g/mol. The fraction of sp³-hybridized carbons (Fsp3) is 0.333. The lowest BCUT2D eigenvalue weighted by atomic mass is 9.98. The molecule has 1 N–H and O–H groups in total. The Morgan fingerprint density at radius 3 is 2.60 bits per heavy atom. The molecule has 0 atom stereocenters. The Labute approximate surface area is 116 Å². The maximum absolute atomic E-state index is 14.4. The lowest BCUT2D eigenvalue weighted by molar-refractivity contribution is 0.0692. The predicted molar refractivity (Wildman–Crippen MR) is 74.3 cm³/mol. The van der Waals surface area contributed by atoms with Crippen molar-refractivity contribution < 1.29 is 14.3 Å². The average Bonchev–Trinajstić information content (AvgIpc) is 2.74. The van der Waals surface area contributed by atoms with Crippen molar-refractivity contribution in [3.63, 3.8) is 0 Å². The maximum Gasteiger partial charge on any atom is 0.338 e. The first-order chi connectivity index (χ1) is 9.51. The monoisotopic (exact) mass is 276 g/mol. The van der Waals surface area contributed by atoms with Crippen molar-refractivity contribution in [1.82, 2.24) is 9.78 Å². The molecule has 2 aromatic rings. The van der Waals surface area contributed by atoms with E-state index in [1.807, 2.05) is 20.9 Å². The van der Waals surface area contributed by atoms with Gasteiger partial charge in [0, 0.05) is 23.9 Å². The fourth-order valence-electron chi connectivity index (χ4n) is 2.47. The Morgan fingerprint density at radius 1 is 1.35 bits per heavy atom. The van der Waals surface area contributed by atoms with Crippen molar-refractivity contribution in [1.29, 1.82) is 0 Å². The molecule has 0 aliphatic rings. The molecule has 4 nitrogen and oxygen atoms in total. The summed E-state index contributed by atoms with van der Waals surface area (Å²) in [5.74, 6) is -1.96. The molecule has 0 amide bonds. The molecule has 5 heteroatoms. The van der Waals surface area contributed by atoms with Gasteiger partial charge in [0.25, 0.3) is 0 Å². The molecule has 0 aliphatic heterocycles. The molecule has 106 valence electrons. The van der Waals surface area contributed by atoms with Crippen LogP contribution in [0.3, 0.4) is 0 Å². The minimum absolute atomic E-state index is 0.310. The van der Waals surface area contributed by atoms with E-state index in [-0.39, 0.29) is 5.56 Å². The number of carboxylic acids is 1. The minimum Gasteiger partial charge on any atom is -0.478 e. The number of rotatable bonds is 4. The zero-order chi connectivity index (χ0) is 14.9. The van der Waals surface area contributed by atoms with E-state index in [0.717, 1.165) is 17.0 Å². The van der Waals surface area contributed by atoms with Gasteiger partial charge in [0.1, 0.15) is 5.82 Å². The molecule has 0 aliphatic carbocycles. The number of hydrogen-bond donors (Lipinski definition) is 1. The molecular formula is C15H17FN2O2. The summed E-state index contributed by atoms with van der Waals surface area (Å²) >= 11 is 0. The van der Waals surface area contributed by atoms with E-state index in [4.69, 9.17) is 5.11 Å². The van der Waals surface area contributed by atoms with Crippen molar-refractivity contribution >= 4 is 5.97 Å². The van der Waals surface area contributed by atoms with Crippen molar-refractivity contribution in [2.24, 2.45) is 7.05 Å². The minimum atomic E-state index is -1.26. The third kappa shape index (κ3) is 2.19. The van der Waals surface area contributed by atoms with Gasteiger partial charge in [-0.25, -0.2) is 9.18 Å². The Morgan fingerprint density at radius 2 is 2.05 bits per heavy atom. The normalized spacial score (nSPS) is 10.8. The number of hydrogen-bond acceptors (Lipinski definition) is 2. The number of aromatic nitrogens is 2. The van der Waals surface area contributed by atoms with Gasteiger partial charge in [-0.05, 0) is 18.9 Å². The van der Waals surface area contributed by atoms with Crippen LogP contribution in [-0.4, -0.2) is 20.9 Å². The summed E-state index contributed by atoms with van der Waals surface area (Å²) < 4.78 is 16.2. The molecule has 0 saturated heterocycles. The molecule has 1 heterocycles. The van der Waals surface area contributed by atoms with Crippen molar-refractivity contribution in [3.8, 4) is 11.1 Å².